The van der Waals surface area contributed by atoms with Crippen LogP contribution in [0.25, 0.3) is 5.52 Å². The highest BCUT2D eigenvalue weighted by Crippen LogP contribution is 2.31. The molecule has 0 aliphatic heterocycles. The maximum absolute atomic E-state index is 11.9. The minimum atomic E-state index is -3.64. The molecular weight excluding hydrogens is 390 g/mol. The molecule has 0 aliphatic carbocycles. The van der Waals surface area contributed by atoms with Crippen LogP contribution in [0.1, 0.15) is 15.9 Å². The van der Waals surface area contributed by atoms with Gasteiger partial charge in [-0.05, 0) is 17.6 Å². The minimum Gasteiger partial charge on any atom is -0.471 e. The van der Waals surface area contributed by atoms with E-state index in [-0.39, 0.29) is 22.3 Å². The largest absolute Gasteiger partial charge is 0.471 e. The Kier molecular flexibility index (Phi) is 4.67. The Morgan fingerprint density at radius 3 is 2.88 bits per heavy atom. The van der Waals surface area contributed by atoms with Crippen LogP contribution in [0.4, 0.5) is 0 Å². The molecule has 0 saturated heterocycles. The van der Waals surface area contributed by atoms with Crippen molar-refractivity contribution in [2.75, 3.05) is 13.4 Å². The van der Waals surface area contributed by atoms with E-state index >= 15 is 0 Å². The lowest BCUT2D eigenvalue weighted by Gasteiger charge is -2.07. The van der Waals surface area contributed by atoms with Crippen LogP contribution in [-0.4, -0.2) is 41.5 Å². The van der Waals surface area contributed by atoms with Crippen LogP contribution in [0, 0.1) is 0 Å². The van der Waals surface area contributed by atoms with Gasteiger partial charge in [0.25, 0.3) is 0 Å². The zero-order valence-electron chi connectivity index (χ0n) is 13.1. The van der Waals surface area contributed by atoms with Gasteiger partial charge < -0.3 is 13.9 Å². The van der Waals surface area contributed by atoms with Crippen molar-refractivity contribution in [2.45, 2.75) is 10.8 Å². The normalized spacial score (nSPS) is 11.6. The van der Waals surface area contributed by atoms with Crippen LogP contribution < -0.4 is 4.74 Å². The molecule has 0 radical (unpaired) electrons. The lowest BCUT2D eigenvalue weighted by atomic mass is 10.3. The number of pyridine rings is 1. The van der Waals surface area contributed by atoms with Crippen LogP contribution in [-0.2, 0) is 21.2 Å². The number of halogens is 1. The molecule has 132 valence electrons. The van der Waals surface area contributed by atoms with Crippen LogP contribution in [0.3, 0.4) is 0 Å². The molecule has 11 heteroatoms. The summed E-state index contributed by atoms with van der Waals surface area (Å²) in [7, 11) is -2.48. The first-order valence-electron chi connectivity index (χ1n) is 6.82. The third kappa shape index (κ3) is 3.46. The number of nitrogens with zero attached hydrogens (tertiary/aromatic N) is 3. The number of carbonyl (C=O) groups is 1. The molecule has 0 unspecified atom stereocenters. The van der Waals surface area contributed by atoms with E-state index in [1.54, 1.807) is 29.2 Å². The number of carbonyl (C=O) groups excluding carboxylic acids is 1. The van der Waals surface area contributed by atoms with E-state index in [4.69, 9.17) is 16.3 Å². The molecule has 0 N–H and O–H groups in total. The molecule has 0 bridgehead atoms. The first kappa shape index (κ1) is 17.6. The van der Waals surface area contributed by atoms with Crippen molar-refractivity contribution in [1.82, 2.24) is 13.8 Å². The summed E-state index contributed by atoms with van der Waals surface area (Å²) < 4.78 is 39.2. The second kappa shape index (κ2) is 6.62. The summed E-state index contributed by atoms with van der Waals surface area (Å²) in [6, 6.07) is 1.69. The van der Waals surface area contributed by atoms with Gasteiger partial charge in [0.15, 0.2) is 19.6 Å². The zero-order valence-corrected chi connectivity index (χ0v) is 15.5. The highest BCUT2D eigenvalue weighted by atomic mass is 35.5. The van der Waals surface area contributed by atoms with Gasteiger partial charge in [0.05, 0.1) is 30.2 Å². The van der Waals surface area contributed by atoms with E-state index < -0.39 is 15.8 Å². The first-order chi connectivity index (χ1) is 11.8. The molecule has 8 nitrogen and oxygen atoms in total. The number of imidazole rings is 1. The minimum absolute atomic E-state index is 0.0325. The summed E-state index contributed by atoms with van der Waals surface area (Å²) >= 11 is 6.83. The Bertz CT molecular complexity index is 1060. The maximum Gasteiger partial charge on any atom is 0.345 e. The molecule has 0 spiro atoms. The summed E-state index contributed by atoms with van der Waals surface area (Å²) in [6.07, 6.45) is 5.97. The van der Waals surface area contributed by atoms with E-state index in [1.807, 2.05) is 0 Å². The Morgan fingerprint density at radius 1 is 1.44 bits per heavy atom. The SMILES string of the molecule is COC(=O)c1c(OCc2cc(Cl)c3cncn3c2)nsc1S(C)(=O)=O. The van der Waals surface area contributed by atoms with Gasteiger partial charge in [-0.1, -0.05) is 11.6 Å². The van der Waals surface area contributed by atoms with E-state index in [9.17, 15) is 13.2 Å². The van der Waals surface area contributed by atoms with Crippen LogP contribution in [0.5, 0.6) is 5.88 Å². The molecule has 3 aromatic rings. The third-order valence-corrected chi connectivity index (χ3v) is 6.20. The van der Waals surface area contributed by atoms with Crippen molar-refractivity contribution >= 4 is 44.5 Å². The van der Waals surface area contributed by atoms with Gasteiger partial charge in [-0.2, -0.15) is 4.37 Å². The van der Waals surface area contributed by atoms with Crippen LogP contribution in [0.15, 0.2) is 29.0 Å². The molecular formula is C14H12ClN3O5S2. The number of rotatable bonds is 5. The molecule has 0 aromatic carbocycles. The molecule has 3 rings (SSSR count). The fraction of sp³-hybridized carbons (Fsp3) is 0.214. The number of aromatic nitrogens is 3. The second-order valence-electron chi connectivity index (χ2n) is 5.09. The van der Waals surface area contributed by atoms with Crippen LogP contribution >= 0.6 is 23.1 Å². The van der Waals surface area contributed by atoms with Crippen molar-refractivity contribution in [3.63, 3.8) is 0 Å². The van der Waals surface area contributed by atoms with Crippen molar-refractivity contribution in [3.05, 3.63) is 40.9 Å². The average molecular weight is 402 g/mol. The lowest BCUT2D eigenvalue weighted by Crippen LogP contribution is -2.09. The molecule has 0 saturated carbocycles. The van der Waals surface area contributed by atoms with Crippen molar-refractivity contribution in [2.24, 2.45) is 0 Å². The Hall–Kier alpha value is -2.17. The van der Waals surface area contributed by atoms with Crippen LogP contribution in [0.2, 0.25) is 5.02 Å². The second-order valence-corrected chi connectivity index (χ2v) is 8.48. The molecule has 25 heavy (non-hydrogen) atoms. The predicted molar refractivity (Wildman–Crippen MR) is 91.1 cm³/mol. The number of fused-ring (bicyclic) bond motifs is 1. The molecule has 3 heterocycles. The van der Waals surface area contributed by atoms with E-state index in [1.165, 1.54) is 0 Å². The van der Waals surface area contributed by atoms with Gasteiger partial charge in [-0.15, -0.1) is 0 Å². The van der Waals surface area contributed by atoms with Gasteiger partial charge >= 0.3 is 5.97 Å². The van der Waals surface area contributed by atoms with Crippen molar-refractivity contribution < 1.29 is 22.7 Å². The number of methoxy groups -OCH3 is 1. The van der Waals surface area contributed by atoms with E-state index in [2.05, 4.69) is 14.1 Å². The molecule has 0 atom stereocenters. The summed E-state index contributed by atoms with van der Waals surface area (Å²) in [4.78, 5) is 15.9. The number of hydrogen-bond acceptors (Lipinski definition) is 8. The third-order valence-electron chi connectivity index (χ3n) is 3.26. The van der Waals surface area contributed by atoms with Gasteiger partial charge in [-0.25, -0.2) is 18.2 Å². The van der Waals surface area contributed by atoms with Crippen molar-refractivity contribution in [1.29, 1.82) is 0 Å². The van der Waals surface area contributed by atoms with Gasteiger partial charge in [-0.3, -0.25) is 0 Å². The Morgan fingerprint density at radius 2 is 2.20 bits per heavy atom. The predicted octanol–water partition coefficient (Wildman–Crippen LogP) is 2.21. The van der Waals surface area contributed by atoms with Gasteiger partial charge in [0.2, 0.25) is 5.88 Å². The lowest BCUT2D eigenvalue weighted by molar-refractivity contribution is 0.0591. The average Bonchev–Trinajstić information content (AvgIpc) is 3.18. The summed E-state index contributed by atoms with van der Waals surface area (Å²) in [5.41, 5.74) is 1.23. The quantitative estimate of drug-likeness (QED) is 0.604. The number of ether oxygens (including phenoxy) is 2. The first-order valence-corrected chi connectivity index (χ1v) is 9.86. The highest BCUT2D eigenvalue weighted by Gasteiger charge is 2.29. The molecule has 0 aliphatic rings. The standard InChI is InChI=1S/C14H12ClN3O5S2/c1-22-13(19)11-12(17-24-14(11)25(2,20)21)23-6-8-3-9(15)10-4-16-7-18(10)5-8/h3-5,7H,6H2,1-2H3. The zero-order chi connectivity index (χ0) is 18.2. The molecule has 3 aromatic heterocycles. The fourth-order valence-corrected chi connectivity index (χ4v) is 4.21. The van der Waals surface area contributed by atoms with Crippen molar-refractivity contribution in [3.8, 4) is 5.88 Å². The highest BCUT2D eigenvalue weighted by molar-refractivity contribution is 7.92. The number of esters is 1. The smallest absolute Gasteiger partial charge is 0.345 e. The monoisotopic (exact) mass is 401 g/mol. The van der Waals surface area contributed by atoms with Gasteiger partial charge in [0, 0.05) is 18.0 Å². The number of hydrogen-bond donors (Lipinski definition) is 0. The Labute approximate surface area is 152 Å². The summed E-state index contributed by atoms with van der Waals surface area (Å²) in [5.74, 6) is -0.925. The molecule has 0 fully saturated rings. The maximum atomic E-state index is 11.9. The van der Waals surface area contributed by atoms with Gasteiger partial charge in [0.1, 0.15) is 6.61 Å². The Balaban J connectivity index is 1.92. The summed E-state index contributed by atoms with van der Waals surface area (Å²) in [5, 5.41) is 0.488. The fourth-order valence-electron chi connectivity index (χ4n) is 2.16. The number of sulfone groups is 1. The van der Waals surface area contributed by atoms with E-state index in [0.29, 0.717) is 22.1 Å². The summed E-state index contributed by atoms with van der Waals surface area (Å²) in [6.45, 7) is 0.0325. The molecule has 0 amide bonds. The van der Waals surface area contributed by atoms with E-state index in [0.717, 1.165) is 18.9 Å². The topological polar surface area (TPSA) is 99.9 Å².